The molecule has 24 heavy (non-hydrogen) atoms. The number of aryl methyl sites for hydroxylation is 1. The number of nitrogens with one attached hydrogen (secondary N) is 1. The number of rotatable bonds is 3. The number of benzene rings is 2. The van der Waals surface area contributed by atoms with Crippen molar-refractivity contribution in [2.45, 2.75) is 38.8 Å². The van der Waals surface area contributed by atoms with Crippen LogP contribution in [0.15, 0.2) is 42.5 Å². The Morgan fingerprint density at radius 1 is 1.25 bits per heavy atom. The van der Waals surface area contributed by atoms with Gasteiger partial charge in [0.1, 0.15) is 0 Å². The standard InChI is InChI=1S/C19H21ClN2O2/c1-19(2)10-9-15-11-16(20)7-8-17(15)22(19)12-13-3-5-14(6-4-13)18(23)21-24/h3-8,11,24H,9-10,12H2,1-2H3,(H,21,23). The third-order valence-corrected chi connectivity index (χ3v) is 4.96. The van der Waals surface area contributed by atoms with Gasteiger partial charge in [-0.25, -0.2) is 5.48 Å². The lowest BCUT2D eigenvalue weighted by Gasteiger charge is -2.45. The fourth-order valence-corrected chi connectivity index (χ4v) is 3.42. The lowest BCUT2D eigenvalue weighted by atomic mass is 9.86. The molecule has 126 valence electrons. The van der Waals surface area contributed by atoms with E-state index in [0.29, 0.717) is 5.56 Å². The van der Waals surface area contributed by atoms with Crippen LogP contribution in [0.25, 0.3) is 0 Å². The van der Waals surface area contributed by atoms with E-state index in [1.54, 1.807) is 17.6 Å². The minimum Gasteiger partial charge on any atom is -0.362 e. The summed E-state index contributed by atoms with van der Waals surface area (Å²) in [5.74, 6) is -0.500. The first-order chi connectivity index (χ1) is 11.4. The minimum atomic E-state index is -0.500. The maximum Gasteiger partial charge on any atom is 0.274 e. The summed E-state index contributed by atoms with van der Waals surface area (Å²) in [7, 11) is 0. The number of hydrogen-bond acceptors (Lipinski definition) is 3. The van der Waals surface area contributed by atoms with Crippen LogP contribution in [0.1, 0.15) is 41.8 Å². The van der Waals surface area contributed by atoms with Gasteiger partial charge in [-0.05, 0) is 68.1 Å². The van der Waals surface area contributed by atoms with Gasteiger partial charge >= 0.3 is 0 Å². The summed E-state index contributed by atoms with van der Waals surface area (Å²) in [6.07, 6.45) is 2.08. The SMILES string of the molecule is CC1(C)CCc2cc(Cl)ccc2N1Cc1ccc(C(=O)NO)cc1. The molecule has 0 fully saturated rings. The molecular weight excluding hydrogens is 324 g/mol. The number of hydroxylamine groups is 1. The molecule has 0 bridgehead atoms. The highest BCUT2D eigenvalue weighted by Crippen LogP contribution is 2.38. The van der Waals surface area contributed by atoms with Gasteiger partial charge in [0.25, 0.3) is 5.91 Å². The molecule has 1 amide bonds. The van der Waals surface area contributed by atoms with E-state index in [2.05, 4.69) is 24.8 Å². The first-order valence-electron chi connectivity index (χ1n) is 8.00. The Balaban J connectivity index is 1.89. The normalized spacial score (nSPS) is 15.8. The predicted octanol–water partition coefficient (Wildman–Crippen LogP) is 4.19. The molecule has 0 saturated carbocycles. The van der Waals surface area contributed by atoms with E-state index in [0.717, 1.165) is 30.0 Å². The number of carbonyl (C=O) groups is 1. The van der Waals surface area contributed by atoms with Crippen molar-refractivity contribution in [3.8, 4) is 0 Å². The number of halogens is 1. The number of fused-ring (bicyclic) bond motifs is 1. The van der Waals surface area contributed by atoms with Crippen molar-refractivity contribution in [3.63, 3.8) is 0 Å². The first kappa shape index (κ1) is 16.8. The summed E-state index contributed by atoms with van der Waals surface area (Å²) < 4.78 is 0. The summed E-state index contributed by atoms with van der Waals surface area (Å²) in [6, 6.07) is 13.4. The van der Waals surface area contributed by atoms with Crippen LogP contribution in [-0.2, 0) is 13.0 Å². The molecule has 0 saturated heterocycles. The second-order valence-electron chi connectivity index (χ2n) is 6.81. The third kappa shape index (κ3) is 3.25. The Kier molecular flexibility index (Phi) is 4.52. The van der Waals surface area contributed by atoms with Crippen LogP contribution in [0.2, 0.25) is 5.02 Å². The van der Waals surface area contributed by atoms with Crippen molar-refractivity contribution in [3.05, 3.63) is 64.2 Å². The zero-order chi connectivity index (χ0) is 17.3. The van der Waals surface area contributed by atoms with Gasteiger partial charge in [0, 0.05) is 28.4 Å². The monoisotopic (exact) mass is 344 g/mol. The van der Waals surface area contributed by atoms with Crippen LogP contribution in [0.4, 0.5) is 5.69 Å². The molecular formula is C19H21ClN2O2. The van der Waals surface area contributed by atoms with Gasteiger partial charge in [0.15, 0.2) is 0 Å². The van der Waals surface area contributed by atoms with Crippen molar-refractivity contribution >= 4 is 23.2 Å². The summed E-state index contributed by atoms with van der Waals surface area (Å²) in [4.78, 5) is 13.8. The molecule has 0 radical (unpaired) electrons. The van der Waals surface area contributed by atoms with E-state index in [1.807, 2.05) is 24.3 Å². The quantitative estimate of drug-likeness (QED) is 0.648. The van der Waals surface area contributed by atoms with Crippen LogP contribution in [0.5, 0.6) is 0 Å². The van der Waals surface area contributed by atoms with Gasteiger partial charge in [0.2, 0.25) is 0 Å². The first-order valence-corrected chi connectivity index (χ1v) is 8.38. The molecule has 1 aliphatic heterocycles. The van der Waals surface area contributed by atoms with Crippen LogP contribution >= 0.6 is 11.6 Å². The van der Waals surface area contributed by atoms with Gasteiger partial charge in [-0.1, -0.05) is 23.7 Å². The molecule has 0 spiro atoms. The van der Waals surface area contributed by atoms with Crippen molar-refractivity contribution in [1.82, 2.24) is 5.48 Å². The molecule has 0 aliphatic carbocycles. The smallest absolute Gasteiger partial charge is 0.274 e. The Labute approximate surface area is 147 Å². The van der Waals surface area contributed by atoms with E-state index < -0.39 is 5.91 Å². The number of anilines is 1. The number of hydrogen-bond donors (Lipinski definition) is 2. The van der Waals surface area contributed by atoms with Gasteiger partial charge in [-0.3, -0.25) is 10.0 Å². The Hall–Kier alpha value is -2.04. The minimum absolute atomic E-state index is 0.0436. The lowest BCUT2D eigenvalue weighted by molar-refractivity contribution is 0.0706. The lowest BCUT2D eigenvalue weighted by Crippen LogP contribution is -2.47. The number of nitrogens with zero attached hydrogens (tertiary/aromatic N) is 1. The number of amides is 1. The summed E-state index contributed by atoms with van der Waals surface area (Å²) in [6.45, 7) is 5.25. The summed E-state index contributed by atoms with van der Waals surface area (Å²) in [5, 5.41) is 9.47. The predicted molar refractivity (Wildman–Crippen MR) is 95.7 cm³/mol. The van der Waals surface area contributed by atoms with E-state index in [4.69, 9.17) is 16.8 Å². The van der Waals surface area contributed by atoms with E-state index >= 15 is 0 Å². The summed E-state index contributed by atoms with van der Waals surface area (Å²) >= 11 is 6.14. The van der Waals surface area contributed by atoms with Gasteiger partial charge in [-0.2, -0.15) is 0 Å². The molecule has 2 aromatic carbocycles. The van der Waals surface area contributed by atoms with Crippen LogP contribution in [0.3, 0.4) is 0 Å². The highest BCUT2D eigenvalue weighted by molar-refractivity contribution is 6.30. The van der Waals surface area contributed by atoms with Crippen LogP contribution < -0.4 is 10.4 Å². The Bertz CT molecular complexity index is 756. The molecule has 2 aromatic rings. The zero-order valence-corrected chi connectivity index (χ0v) is 14.6. The van der Waals surface area contributed by atoms with Crippen LogP contribution in [0, 0.1) is 0 Å². The Morgan fingerprint density at radius 3 is 2.62 bits per heavy atom. The van der Waals surface area contributed by atoms with E-state index in [9.17, 15) is 4.79 Å². The maximum atomic E-state index is 11.4. The van der Waals surface area contributed by atoms with E-state index in [1.165, 1.54) is 11.3 Å². The number of carbonyl (C=O) groups excluding carboxylic acids is 1. The van der Waals surface area contributed by atoms with Crippen molar-refractivity contribution in [2.75, 3.05) is 4.90 Å². The molecule has 4 nitrogen and oxygen atoms in total. The second-order valence-corrected chi connectivity index (χ2v) is 7.25. The molecule has 1 aliphatic rings. The average Bonchev–Trinajstić information content (AvgIpc) is 2.57. The fourth-order valence-electron chi connectivity index (χ4n) is 3.23. The topological polar surface area (TPSA) is 52.6 Å². The molecule has 2 N–H and O–H groups in total. The molecule has 0 unspecified atom stereocenters. The van der Waals surface area contributed by atoms with Crippen molar-refractivity contribution < 1.29 is 10.0 Å². The molecule has 5 heteroatoms. The molecule has 0 atom stereocenters. The summed E-state index contributed by atoms with van der Waals surface area (Å²) in [5.41, 5.74) is 5.73. The van der Waals surface area contributed by atoms with Gasteiger partial charge in [0.05, 0.1) is 0 Å². The maximum absolute atomic E-state index is 11.4. The molecule has 0 aromatic heterocycles. The largest absolute Gasteiger partial charge is 0.362 e. The van der Waals surface area contributed by atoms with Crippen LogP contribution in [-0.4, -0.2) is 16.7 Å². The van der Waals surface area contributed by atoms with Crippen molar-refractivity contribution in [2.24, 2.45) is 0 Å². The van der Waals surface area contributed by atoms with Crippen molar-refractivity contribution in [1.29, 1.82) is 0 Å². The fraction of sp³-hybridized carbons (Fsp3) is 0.316. The highest BCUT2D eigenvalue weighted by Gasteiger charge is 2.32. The Morgan fingerprint density at radius 2 is 1.96 bits per heavy atom. The average molecular weight is 345 g/mol. The third-order valence-electron chi connectivity index (χ3n) is 4.73. The van der Waals surface area contributed by atoms with E-state index in [-0.39, 0.29) is 5.54 Å². The second kappa shape index (κ2) is 6.46. The van der Waals surface area contributed by atoms with Gasteiger partial charge in [-0.15, -0.1) is 0 Å². The van der Waals surface area contributed by atoms with Gasteiger partial charge < -0.3 is 4.90 Å². The molecule has 1 heterocycles. The highest BCUT2D eigenvalue weighted by atomic mass is 35.5. The zero-order valence-electron chi connectivity index (χ0n) is 13.8. The molecule has 3 rings (SSSR count).